The van der Waals surface area contributed by atoms with Crippen molar-refractivity contribution in [2.75, 3.05) is 19.5 Å². The molecule has 0 aromatic heterocycles. The van der Waals surface area contributed by atoms with Crippen molar-refractivity contribution in [1.29, 1.82) is 5.26 Å². The second-order valence-electron chi connectivity index (χ2n) is 5.27. The van der Waals surface area contributed by atoms with Gasteiger partial charge in [-0.15, -0.1) is 0 Å². The van der Waals surface area contributed by atoms with Gasteiger partial charge in [0, 0.05) is 11.3 Å². The van der Waals surface area contributed by atoms with Gasteiger partial charge in [0.25, 0.3) is 0 Å². The summed E-state index contributed by atoms with van der Waals surface area (Å²) < 4.78 is 10.4. The highest BCUT2D eigenvalue weighted by Crippen LogP contribution is 2.29. The third-order valence-corrected chi connectivity index (χ3v) is 3.50. The monoisotopic (exact) mass is 366 g/mol. The largest absolute Gasteiger partial charge is 0.493 e. The van der Waals surface area contributed by atoms with E-state index in [1.807, 2.05) is 6.07 Å². The number of anilines is 1. The number of carbonyl (C=O) groups excluding carboxylic acids is 2. The summed E-state index contributed by atoms with van der Waals surface area (Å²) in [4.78, 5) is 23.7. The van der Waals surface area contributed by atoms with Crippen molar-refractivity contribution in [3.05, 3.63) is 53.6 Å². The van der Waals surface area contributed by atoms with Gasteiger partial charge in [0.1, 0.15) is 0 Å². The Morgan fingerprint density at radius 1 is 1.11 bits per heavy atom. The second kappa shape index (κ2) is 9.58. The molecule has 138 valence electrons. The lowest BCUT2D eigenvalue weighted by Gasteiger charge is -2.09. The van der Waals surface area contributed by atoms with Crippen molar-refractivity contribution in [1.82, 2.24) is 5.43 Å². The fourth-order valence-electron chi connectivity index (χ4n) is 2.21. The Hall–Kier alpha value is -3.86. The number of para-hydroxylation sites is 1. The summed E-state index contributed by atoms with van der Waals surface area (Å²) >= 11 is 0. The van der Waals surface area contributed by atoms with Gasteiger partial charge in [0.15, 0.2) is 11.5 Å². The Morgan fingerprint density at radius 2 is 1.85 bits per heavy atom. The lowest BCUT2D eigenvalue weighted by molar-refractivity contribution is -0.136. The molecule has 2 N–H and O–H groups in total. The minimum absolute atomic E-state index is 0.275. The molecule has 0 saturated heterocycles. The van der Waals surface area contributed by atoms with E-state index >= 15 is 0 Å². The predicted octanol–water partition coefficient (Wildman–Crippen LogP) is 1.86. The molecule has 0 saturated carbocycles. The first kappa shape index (κ1) is 19.5. The fraction of sp³-hybridized carbons (Fsp3) is 0.158. The van der Waals surface area contributed by atoms with Crippen molar-refractivity contribution >= 4 is 23.7 Å². The zero-order valence-electron chi connectivity index (χ0n) is 14.9. The van der Waals surface area contributed by atoms with E-state index in [1.54, 1.807) is 42.5 Å². The number of rotatable bonds is 6. The minimum Gasteiger partial charge on any atom is -0.493 e. The lowest BCUT2D eigenvalue weighted by atomic mass is 10.1. The number of amides is 2. The molecule has 0 radical (unpaired) electrons. The van der Waals surface area contributed by atoms with Crippen LogP contribution in [0.4, 0.5) is 5.69 Å². The Labute approximate surface area is 156 Å². The Balaban J connectivity index is 1.96. The summed E-state index contributed by atoms with van der Waals surface area (Å²) in [5, 5.41) is 14.9. The number of hydrogen-bond acceptors (Lipinski definition) is 6. The van der Waals surface area contributed by atoms with E-state index in [9.17, 15) is 9.59 Å². The van der Waals surface area contributed by atoms with Crippen LogP contribution in [0.25, 0.3) is 0 Å². The van der Waals surface area contributed by atoms with E-state index < -0.39 is 11.8 Å². The van der Waals surface area contributed by atoms with Gasteiger partial charge in [-0.1, -0.05) is 18.2 Å². The average molecular weight is 366 g/mol. The molecular weight excluding hydrogens is 348 g/mol. The average Bonchev–Trinajstić information content (AvgIpc) is 2.69. The first-order valence-corrected chi connectivity index (χ1v) is 7.90. The smallest absolute Gasteiger partial charge is 0.329 e. The first-order chi connectivity index (χ1) is 13.1. The van der Waals surface area contributed by atoms with Crippen molar-refractivity contribution in [2.24, 2.45) is 5.10 Å². The first-order valence-electron chi connectivity index (χ1n) is 7.90. The second-order valence-corrected chi connectivity index (χ2v) is 5.27. The molecule has 0 fully saturated rings. The Morgan fingerprint density at radius 3 is 2.48 bits per heavy atom. The number of benzene rings is 2. The van der Waals surface area contributed by atoms with Crippen LogP contribution in [0.15, 0.2) is 47.6 Å². The molecule has 0 atom stereocenters. The number of nitrogens with one attached hydrogen (secondary N) is 2. The van der Waals surface area contributed by atoms with E-state index in [1.165, 1.54) is 20.4 Å². The number of nitrogens with zero attached hydrogens (tertiary/aromatic N) is 2. The zero-order valence-corrected chi connectivity index (χ0v) is 14.9. The summed E-state index contributed by atoms with van der Waals surface area (Å²) in [6, 6.07) is 13.8. The van der Waals surface area contributed by atoms with Gasteiger partial charge in [-0.2, -0.15) is 10.4 Å². The number of hydrogen-bond donors (Lipinski definition) is 2. The van der Waals surface area contributed by atoms with E-state index in [2.05, 4.69) is 15.8 Å². The van der Waals surface area contributed by atoms with Crippen molar-refractivity contribution in [3.63, 3.8) is 0 Å². The molecule has 0 bridgehead atoms. The van der Waals surface area contributed by atoms with Gasteiger partial charge < -0.3 is 14.8 Å². The highest BCUT2D eigenvalue weighted by Gasteiger charge is 2.13. The highest BCUT2D eigenvalue weighted by molar-refractivity contribution is 6.39. The van der Waals surface area contributed by atoms with Gasteiger partial charge in [-0.3, -0.25) is 9.59 Å². The van der Waals surface area contributed by atoms with Crippen molar-refractivity contribution in [3.8, 4) is 17.6 Å². The van der Waals surface area contributed by atoms with Crippen LogP contribution in [0.1, 0.15) is 11.1 Å². The number of carbonyl (C=O) groups is 2. The molecule has 0 aliphatic heterocycles. The summed E-state index contributed by atoms with van der Waals surface area (Å²) in [5.74, 6) is -0.808. The quantitative estimate of drug-likeness (QED) is 0.460. The normalized spacial score (nSPS) is 10.1. The van der Waals surface area contributed by atoms with Crippen LogP contribution in [0, 0.1) is 11.3 Å². The Bertz CT molecular complexity index is 886. The number of ether oxygens (including phenoxy) is 2. The summed E-state index contributed by atoms with van der Waals surface area (Å²) in [6.45, 7) is 0. The van der Waals surface area contributed by atoms with E-state index in [0.29, 0.717) is 22.7 Å². The molecule has 0 unspecified atom stereocenters. The molecule has 2 amide bonds. The molecule has 2 rings (SSSR count). The molecule has 27 heavy (non-hydrogen) atoms. The lowest BCUT2D eigenvalue weighted by Crippen LogP contribution is -2.32. The van der Waals surface area contributed by atoms with Crippen LogP contribution in [-0.2, 0) is 16.0 Å². The topological polar surface area (TPSA) is 113 Å². The predicted molar refractivity (Wildman–Crippen MR) is 99.7 cm³/mol. The van der Waals surface area contributed by atoms with Gasteiger partial charge in [0.2, 0.25) is 0 Å². The van der Waals surface area contributed by atoms with Crippen LogP contribution in [0.5, 0.6) is 11.5 Å². The number of methoxy groups -OCH3 is 2. The molecule has 0 aliphatic rings. The highest BCUT2D eigenvalue weighted by atomic mass is 16.5. The third-order valence-electron chi connectivity index (χ3n) is 3.50. The number of nitriles is 1. The van der Waals surface area contributed by atoms with Crippen LogP contribution >= 0.6 is 0 Å². The zero-order chi connectivity index (χ0) is 19.6. The van der Waals surface area contributed by atoms with Crippen LogP contribution in [-0.4, -0.2) is 32.2 Å². The van der Waals surface area contributed by atoms with Crippen molar-refractivity contribution in [2.45, 2.75) is 6.42 Å². The van der Waals surface area contributed by atoms with Gasteiger partial charge >= 0.3 is 11.8 Å². The fourth-order valence-corrected chi connectivity index (χ4v) is 2.21. The SMILES string of the molecule is COc1cccc(/C=N/NC(=O)C(=O)Nc2ccc(CC#N)cc2)c1OC. The molecule has 0 spiro atoms. The summed E-state index contributed by atoms with van der Waals surface area (Å²) in [5.41, 5.74) is 3.98. The molecule has 8 heteroatoms. The standard InChI is InChI=1S/C19H18N4O4/c1-26-16-5-3-4-14(17(16)27-2)12-21-23-19(25)18(24)22-15-8-6-13(7-9-15)10-11-20/h3-9,12H,10H2,1-2H3,(H,22,24)(H,23,25)/b21-12+. The maximum Gasteiger partial charge on any atom is 0.329 e. The maximum atomic E-state index is 11.9. The molecular formula is C19H18N4O4. The van der Waals surface area contributed by atoms with E-state index in [4.69, 9.17) is 14.7 Å². The maximum absolute atomic E-state index is 11.9. The Kier molecular flexibility index (Phi) is 6.91. The molecule has 2 aromatic carbocycles. The van der Waals surface area contributed by atoms with E-state index in [0.717, 1.165) is 5.56 Å². The molecule has 2 aromatic rings. The van der Waals surface area contributed by atoms with Crippen LogP contribution in [0.3, 0.4) is 0 Å². The molecule has 8 nitrogen and oxygen atoms in total. The van der Waals surface area contributed by atoms with Crippen LogP contribution in [0.2, 0.25) is 0 Å². The van der Waals surface area contributed by atoms with Gasteiger partial charge in [-0.25, -0.2) is 5.43 Å². The third kappa shape index (κ3) is 5.31. The van der Waals surface area contributed by atoms with Gasteiger partial charge in [0.05, 0.1) is 32.9 Å². The summed E-state index contributed by atoms with van der Waals surface area (Å²) in [7, 11) is 3.00. The summed E-state index contributed by atoms with van der Waals surface area (Å²) in [6.07, 6.45) is 1.63. The van der Waals surface area contributed by atoms with Gasteiger partial charge in [-0.05, 0) is 29.8 Å². The molecule has 0 aliphatic carbocycles. The van der Waals surface area contributed by atoms with E-state index in [-0.39, 0.29) is 6.42 Å². The van der Waals surface area contributed by atoms with Crippen LogP contribution < -0.4 is 20.2 Å². The molecule has 0 heterocycles. The minimum atomic E-state index is -0.922. The number of hydrazone groups is 1. The van der Waals surface area contributed by atoms with Crippen molar-refractivity contribution < 1.29 is 19.1 Å².